The van der Waals surface area contributed by atoms with Crippen LogP contribution >= 0.6 is 12.6 Å². The average molecular weight is 115 g/mol. The van der Waals surface area contributed by atoms with Gasteiger partial charge in [0, 0.05) is 0 Å². The Labute approximate surface area is 65.7 Å². The standard InChI is InChI=1S/C2H5NOS.Na.H/c3-2(4)1-5;;/h5H,1H2,(H2,3,4);;/q;+1;-1. The van der Waals surface area contributed by atoms with Crippen LogP contribution in [0.5, 0.6) is 0 Å². The van der Waals surface area contributed by atoms with Crippen molar-refractivity contribution in [2.75, 3.05) is 5.75 Å². The van der Waals surface area contributed by atoms with Crippen LogP contribution < -0.4 is 35.3 Å². The van der Waals surface area contributed by atoms with Gasteiger partial charge in [-0.15, -0.1) is 0 Å². The second-order valence-corrected chi connectivity index (χ2v) is 0.941. The van der Waals surface area contributed by atoms with E-state index in [0.717, 1.165) is 0 Å². The summed E-state index contributed by atoms with van der Waals surface area (Å²) in [5.41, 5.74) is 4.58. The van der Waals surface area contributed by atoms with Crippen molar-refractivity contribution in [3.8, 4) is 0 Å². The van der Waals surface area contributed by atoms with Gasteiger partial charge in [-0.25, -0.2) is 0 Å². The third kappa shape index (κ3) is 8.84. The molecule has 32 valence electrons. The molecule has 0 spiro atoms. The van der Waals surface area contributed by atoms with Crippen molar-refractivity contribution in [1.29, 1.82) is 0 Å². The van der Waals surface area contributed by atoms with E-state index in [9.17, 15) is 4.79 Å². The van der Waals surface area contributed by atoms with Crippen molar-refractivity contribution in [2.24, 2.45) is 5.73 Å². The number of carbonyl (C=O) groups is 1. The Morgan fingerprint density at radius 3 is 2.17 bits per heavy atom. The maximum absolute atomic E-state index is 9.51. The molecule has 0 bridgehead atoms. The smallest absolute Gasteiger partial charge is 1.00 e. The van der Waals surface area contributed by atoms with Gasteiger partial charge in [-0.3, -0.25) is 4.79 Å². The van der Waals surface area contributed by atoms with Crippen LogP contribution in [0.1, 0.15) is 1.43 Å². The maximum atomic E-state index is 9.51. The Balaban J connectivity index is -0.0000000800. The Morgan fingerprint density at radius 1 is 2.00 bits per heavy atom. The number of carbonyl (C=O) groups excluding carboxylic acids is 1. The minimum Gasteiger partial charge on any atom is -1.00 e. The monoisotopic (exact) mass is 115 g/mol. The first-order valence-corrected chi connectivity index (χ1v) is 1.80. The van der Waals surface area contributed by atoms with E-state index < -0.39 is 0 Å². The number of rotatable bonds is 1. The van der Waals surface area contributed by atoms with E-state index in [0.29, 0.717) is 0 Å². The van der Waals surface area contributed by atoms with Crippen LogP contribution in [0.2, 0.25) is 0 Å². The van der Waals surface area contributed by atoms with Crippen molar-refractivity contribution >= 4 is 18.5 Å². The molecule has 0 fully saturated rings. The van der Waals surface area contributed by atoms with Gasteiger partial charge < -0.3 is 7.16 Å². The van der Waals surface area contributed by atoms with Gasteiger partial charge in [0.05, 0.1) is 5.75 Å². The molecule has 0 aromatic carbocycles. The summed E-state index contributed by atoms with van der Waals surface area (Å²) in [4.78, 5) is 9.51. The molecule has 2 N–H and O–H groups in total. The zero-order chi connectivity index (χ0) is 4.28. The SMILES string of the molecule is NC(=O)CS.[H-].[Na+]. The molecule has 0 rings (SSSR count). The second-order valence-electron chi connectivity index (χ2n) is 0.624. The van der Waals surface area contributed by atoms with Crippen LogP contribution in [0.15, 0.2) is 0 Å². The van der Waals surface area contributed by atoms with E-state index in [1.165, 1.54) is 0 Å². The number of hydrogen-bond acceptors (Lipinski definition) is 2. The van der Waals surface area contributed by atoms with Crippen molar-refractivity contribution in [2.45, 2.75) is 0 Å². The fraction of sp³-hybridized carbons (Fsp3) is 0.500. The normalized spacial score (nSPS) is 6.17. The van der Waals surface area contributed by atoms with E-state index in [1.54, 1.807) is 0 Å². The molecule has 0 aliphatic rings. The molecule has 0 aromatic heterocycles. The Morgan fingerprint density at radius 2 is 2.17 bits per heavy atom. The van der Waals surface area contributed by atoms with Crippen LogP contribution in [-0.2, 0) is 4.79 Å². The van der Waals surface area contributed by atoms with E-state index >= 15 is 0 Å². The van der Waals surface area contributed by atoms with Gasteiger partial charge in [-0.2, -0.15) is 12.6 Å². The third-order valence-electron chi connectivity index (χ3n) is 0.156. The molecular formula is C2H6NNaOS. The van der Waals surface area contributed by atoms with E-state index in [2.05, 4.69) is 18.4 Å². The first-order chi connectivity index (χ1) is 2.27. The van der Waals surface area contributed by atoms with Crippen LogP contribution in [0.25, 0.3) is 0 Å². The quantitative estimate of drug-likeness (QED) is 0.270. The molecular weight excluding hydrogens is 109 g/mol. The number of nitrogens with two attached hydrogens (primary N) is 1. The fourth-order valence-corrected chi connectivity index (χ4v) is 0. The zero-order valence-electron chi connectivity index (χ0n) is 4.64. The summed E-state index contributed by atoms with van der Waals surface area (Å²) in [5, 5.41) is 0. The predicted molar refractivity (Wildman–Crippen MR) is 24.2 cm³/mol. The van der Waals surface area contributed by atoms with E-state index in [1.807, 2.05) is 0 Å². The van der Waals surface area contributed by atoms with Crippen molar-refractivity contribution < 1.29 is 35.8 Å². The molecule has 2 nitrogen and oxygen atoms in total. The van der Waals surface area contributed by atoms with Crippen molar-refractivity contribution in [1.82, 2.24) is 0 Å². The topological polar surface area (TPSA) is 43.1 Å². The Bertz CT molecular complexity index is 53.0. The van der Waals surface area contributed by atoms with Crippen molar-refractivity contribution in [3.05, 3.63) is 0 Å². The maximum Gasteiger partial charge on any atom is 1.00 e. The van der Waals surface area contributed by atoms with Gasteiger partial charge in [0.1, 0.15) is 0 Å². The average Bonchev–Trinajstić information content (AvgIpc) is 1.38. The second kappa shape index (κ2) is 5.82. The molecule has 0 heterocycles. The number of thiol groups is 1. The summed E-state index contributed by atoms with van der Waals surface area (Å²) in [6, 6.07) is 0. The molecule has 0 saturated carbocycles. The van der Waals surface area contributed by atoms with Crippen molar-refractivity contribution in [3.63, 3.8) is 0 Å². The third-order valence-corrected chi connectivity index (χ3v) is 0.468. The van der Waals surface area contributed by atoms with Gasteiger partial charge in [-0.1, -0.05) is 0 Å². The molecule has 0 aliphatic heterocycles. The fourth-order valence-electron chi connectivity index (χ4n) is 0. The summed E-state index contributed by atoms with van der Waals surface area (Å²) >= 11 is 3.54. The van der Waals surface area contributed by atoms with Gasteiger partial charge in [0.25, 0.3) is 0 Å². The summed E-state index contributed by atoms with van der Waals surface area (Å²) in [5.74, 6) is -0.242. The van der Waals surface area contributed by atoms with E-state index in [-0.39, 0.29) is 42.6 Å². The molecule has 0 aromatic rings. The van der Waals surface area contributed by atoms with E-state index in [4.69, 9.17) is 0 Å². The van der Waals surface area contributed by atoms with Gasteiger partial charge in [-0.05, 0) is 0 Å². The first kappa shape index (κ1) is 9.94. The number of primary amides is 1. The number of hydrogen-bond donors (Lipinski definition) is 2. The molecule has 0 unspecified atom stereocenters. The minimum atomic E-state index is -0.381. The molecule has 0 saturated heterocycles. The molecule has 4 heteroatoms. The summed E-state index contributed by atoms with van der Waals surface area (Å²) in [7, 11) is 0. The summed E-state index contributed by atoms with van der Waals surface area (Å²) in [6.45, 7) is 0. The van der Waals surface area contributed by atoms with Gasteiger partial charge >= 0.3 is 29.6 Å². The summed E-state index contributed by atoms with van der Waals surface area (Å²) in [6.07, 6.45) is 0. The van der Waals surface area contributed by atoms with Gasteiger partial charge in [0.2, 0.25) is 5.91 Å². The molecule has 0 radical (unpaired) electrons. The molecule has 6 heavy (non-hydrogen) atoms. The van der Waals surface area contributed by atoms with Gasteiger partial charge in [0.15, 0.2) is 0 Å². The minimum absolute atomic E-state index is 0. The van der Waals surface area contributed by atoms with Crippen LogP contribution in [0, 0.1) is 0 Å². The largest absolute Gasteiger partial charge is 1.00 e. The zero-order valence-corrected chi connectivity index (χ0v) is 6.53. The molecule has 0 atom stereocenters. The predicted octanol–water partition coefficient (Wildman–Crippen LogP) is -3.48. The summed E-state index contributed by atoms with van der Waals surface area (Å²) < 4.78 is 0. The van der Waals surface area contributed by atoms with Crippen LogP contribution in [-0.4, -0.2) is 11.7 Å². The number of amides is 1. The first-order valence-electron chi connectivity index (χ1n) is 1.16. The Kier molecular flexibility index (Phi) is 9.65. The van der Waals surface area contributed by atoms with Crippen LogP contribution in [0.3, 0.4) is 0 Å². The van der Waals surface area contributed by atoms with Crippen LogP contribution in [0.4, 0.5) is 0 Å². The molecule has 0 aliphatic carbocycles. The molecule has 1 amide bonds. The Hall–Kier alpha value is 0.820.